The number of hydrogen-bond acceptors (Lipinski definition) is 8. The van der Waals surface area contributed by atoms with Crippen LogP contribution in [-0.4, -0.2) is 73.4 Å². The van der Waals surface area contributed by atoms with Crippen molar-refractivity contribution in [2.45, 2.75) is 45.1 Å². The Morgan fingerprint density at radius 1 is 0.844 bits per heavy atom. The van der Waals surface area contributed by atoms with Crippen molar-refractivity contribution in [3.05, 3.63) is 131 Å². The number of benzene rings is 4. The summed E-state index contributed by atoms with van der Waals surface area (Å²) in [6.45, 7) is 7.79. The number of hydrogen-bond donors (Lipinski definition) is 1. The molecule has 9 heteroatoms. The van der Waals surface area contributed by atoms with Crippen molar-refractivity contribution in [3.8, 4) is 17.1 Å². The third kappa shape index (κ3) is 6.95. The number of piperazine rings is 1. The van der Waals surface area contributed by atoms with Crippen LogP contribution in [0.2, 0.25) is 0 Å². The smallest absolute Gasteiger partial charge is 0.337 e. The molecule has 0 amide bonds. The summed E-state index contributed by atoms with van der Waals surface area (Å²) in [6, 6.07) is 34.4. The number of nitrogens with zero attached hydrogens (tertiary/aromatic N) is 6. The van der Waals surface area contributed by atoms with E-state index in [9.17, 15) is 9.90 Å². The van der Waals surface area contributed by atoms with Gasteiger partial charge in [0.25, 0.3) is 0 Å². The molecule has 4 aromatic carbocycles. The number of aromatic nitrogens is 4. The Morgan fingerprint density at radius 2 is 1.58 bits per heavy atom. The molecule has 5 aromatic rings. The van der Waals surface area contributed by atoms with Crippen LogP contribution in [0.5, 0.6) is 5.75 Å². The molecule has 1 aliphatic heterocycles. The van der Waals surface area contributed by atoms with E-state index < -0.39 is 0 Å². The number of aromatic hydroxyl groups is 1. The lowest BCUT2D eigenvalue weighted by Gasteiger charge is -2.47. The molecule has 45 heavy (non-hydrogen) atoms. The Labute approximate surface area is 263 Å². The predicted octanol–water partition coefficient (Wildman–Crippen LogP) is 5.56. The van der Waals surface area contributed by atoms with E-state index in [2.05, 4.69) is 87.6 Å². The molecule has 0 aliphatic carbocycles. The van der Waals surface area contributed by atoms with Crippen LogP contribution in [-0.2, 0) is 17.8 Å². The highest BCUT2D eigenvalue weighted by molar-refractivity contribution is 5.89. The van der Waals surface area contributed by atoms with Gasteiger partial charge in [0.15, 0.2) is 0 Å². The average Bonchev–Trinajstić information content (AvgIpc) is 3.52. The molecule has 9 nitrogen and oxygen atoms in total. The molecule has 0 unspecified atom stereocenters. The van der Waals surface area contributed by atoms with Crippen LogP contribution in [0.15, 0.2) is 103 Å². The van der Waals surface area contributed by atoms with Gasteiger partial charge in [-0.3, -0.25) is 9.80 Å². The Kier molecular flexibility index (Phi) is 9.00. The number of methoxy groups -OCH3 is 1. The van der Waals surface area contributed by atoms with Gasteiger partial charge in [0.05, 0.1) is 25.3 Å². The van der Waals surface area contributed by atoms with E-state index in [1.165, 1.54) is 12.7 Å². The maximum atomic E-state index is 11.7. The number of carbonyl (C=O) groups excluding carboxylic acids is 1. The first-order chi connectivity index (χ1) is 21.9. The zero-order valence-electron chi connectivity index (χ0n) is 25.8. The predicted molar refractivity (Wildman–Crippen MR) is 173 cm³/mol. The van der Waals surface area contributed by atoms with Crippen LogP contribution >= 0.6 is 0 Å². The number of phenolic OH excluding ortho intramolecular Hbond substituents is 1. The first-order valence-corrected chi connectivity index (χ1v) is 15.3. The van der Waals surface area contributed by atoms with E-state index in [1.54, 1.807) is 23.0 Å². The monoisotopic (exact) mass is 602 g/mol. The zero-order chi connectivity index (χ0) is 31.3. The normalized spacial score (nSPS) is 18.0. The van der Waals surface area contributed by atoms with Crippen molar-refractivity contribution < 1.29 is 14.6 Å². The molecular weight excluding hydrogens is 564 g/mol. The van der Waals surface area contributed by atoms with Crippen LogP contribution in [0.3, 0.4) is 0 Å². The SMILES string of the molecule is COC(=O)c1ccc(Cn2nnc(-c3ccc([C@H](c4cccc(O)c4)N4C[C@@H](C)N(Cc5ccccc5)C[C@@H]4C)cc3)n2)cc1. The van der Waals surface area contributed by atoms with E-state index in [0.717, 1.165) is 41.9 Å². The van der Waals surface area contributed by atoms with Crippen LogP contribution in [0.4, 0.5) is 0 Å². The van der Waals surface area contributed by atoms with Gasteiger partial charge in [-0.25, -0.2) is 4.79 Å². The fourth-order valence-corrected chi connectivity index (χ4v) is 6.16. The maximum absolute atomic E-state index is 11.7. The van der Waals surface area contributed by atoms with Crippen LogP contribution in [0.1, 0.15) is 52.5 Å². The Morgan fingerprint density at radius 3 is 2.29 bits per heavy atom. The summed E-state index contributed by atoms with van der Waals surface area (Å²) >= 11 is 0. The fourth-order valence-electron chi connectivity index (χ4n) is 6.16. The van der Waals surface area contributed by atoms with Crippen molar-refractivity contribution >= 4 is 5.97 Å². The lowest BCUT2D eigenvalue weighted by Crippen LogP contribution is -2.56. The molecule has 1 aliphatic rings. The molecular formula is C36H38N6O3. The lowest BCUT2D eigenvalue weighted by molar-refractivity contribution is 0.0195. The van der Waals surface area contributed by atoms with Gasteiger partial charge in [-0.05, 0) is 65.6 Å². The second-order valence-electron chi connectivity index (χ2n) is 11.8. The lowest BCUT2D eigenvalue weighted by atomic mass is 9.92. The second-order valence-corrected chi connectivity index (χ2v) is 11.8. The molecule has 1 N–H and O–H groups in total. The molecule has 1 fully saturated rings. The fraction of sp³-hybridized carbons (Fsp3) is 0.278. The third-order valence-corrected chi connectivity index (χ3v) is 8.55. The molecule has 3 atom stereocenters. The van der Waals surface area contributed by atoms with Gasteiger partial charge in [0.2, 0.25) is 5.82 Å². The van der Waals surface area contributed by atoms with E-state index in [0.29, 0.717) is 30.0 Å². The van der Waals surface area contributed by atoms with Gasteiger partial charge in [0, 0.05) is 37.3 Å². The third-order valence-electron chi connectivity index (χ3n) is 8.55. The highest BCUT2D eigenvalue weighted by Crippen LogP contribution is 2.35. The highest BCUT2D eigenvalue weighted by Gasteiger charge is 2.35. The quantitative estimate of drug-likeness (QED) is 0.219. The average molecular weight is 603 g/mol. The van der Waals surface area contributed by atoms with Gasteiger partial charge in [-0.1, -0.05) is 78.9 Å². The van der Waals surface area contributed by atoms with Crippen molar-refractivity contribution in [3.63, 3.8) is 0 Å². The Hall–Kier alpha value is -4.86. The summed E-state index contributed by atoms with van der Waals surface area (Å²) in [4.78, 5) is 18.4. The van der Waals surface area contributed by atoms with E-state index in [1.807, 2.05) is 36.4 Å². The molecule has 0 radical (unpaired) electrons. The summed E-state index contributed by atoms with van der Waals surface area (Å²) < 4.78 is 4.77. The molecule has 1 saturated heterocycles. The summed E-state index contributed by atoms with van der Waals surface area (Å²) in [5, 5.41) is 23.6. The van der Waals surface area contributed by atoms with E-state index in [4.69, 9.17) is 4.74 Å². The number of esters is 1. The summed E-state index contributed by atoms with van der Waals surface area (Å²) in [7, 11) is 1.37. The van der Waals surface area contributed by atoms with Gasteiger partial charge in [-0.15, -0.1) is 10.2 Å². The van der Waals surface area contributed by atoms with Crippen LogP contribution in [0, 0.1) is 0 Å². The van der Waals surface area contributed by atoms with Crippen molar-refractivity contribution in [1.29, 1.82) is 0 Å². The molecule has 0 spiro atoms. The van der Waals surface area contributed by atoms with Gasteiger partial charge in [-0.2, -0.15) is 4.80 Å². The van der Waals surface area contributed by atoms with Gasteiger partial charge in [0.1, 0.15) is 5.75 Å². The molecule has 0 bridgehead atoms. The molecule has 2 heterocycles. The minimum atomic E-state index is -0.369. The van der Waals surface area contributed by atoms with Crippen LogP contribution in [0.25, 0.3) is 11.4 Å². The summed E-state index contributed by atoms with van der Waals surface area (Å²) in [6.07, 6.45) is 0. The molecule has 6 rings (SSSR count). The van der Waals surface area contributed by atoms with Gasteiger partial charge >= 0.3 is 5.97 Å². The topological polar surface area (TPSA) is 96.6 Å². The minimum absolute atomic E-state index is 0.0286. The largest absolute Gasteiger partial charge is 0.508 e. The van der Waals surface area contributed by atoms with Crippen molar-refractivity contribution in [2.24, 2.45) is 0 Å². The first kappa shape index (κ1) is 30.2. The first-order valence-electron chi connectivity index (χ1n) is 15.3. The van der Waals surface area contributed by atoms with E-state index >= 15 is 0 Å². The summed E-state index contributed by atoms with van der Waals surface area (Å²) in [5.74, 6) is 0.434. The number of carbonyl (C=O) groups is 1. The number of ether oxygens (including phenoxy) is 1. The molecule has 230 valence electrons. The Bertz CT molecular complexity index is 1720. The van der Waals surface area contributed by atoms with Crippen molar-refractivity contribution in [1.82, 2.24) is 30.0 Å². The Balaban J connectivity index is 1.21. The zero-order valence-corrected chi connectivity index (χ0v) is 25.8. The minimum Gasteiger partial charge on any atom is -0.508 e. The number of tetrazole rings is 1. The van der Waals surface area contributed by atoms with Crippen LogP contribution < -0.4 is 0 Å². The highest BCUT2D eigenvalue weighted by atomic mass is 16.5. The second kappa shape index (κ2) is 13.4. The van der Waals surface area contributed by atoms with Crippen molar-refractivity contribution in [2.75, 3.05) is 20.2 Å². The summed E-state index contributed by atoms with van der Waals surface area (Å²) in [5.41, 5.74) is 5.83. The standard InChI is InChI=1S/C36H38N6O3/c1-25-22-41(26(2)21-40(25)23-27-8-5-4-6-9-27)34(32-10-7-11-33(43)20-32)29-16-18-30(19-17-29)35-37-39-42(38-35)24-28-12-14-31(15-13-28)36(44)45-3/h4-20,25-26,34,43H,21-24H2,1-3H3/t25-,26+,34-/m1/s1. The number of phenols is 1. The van der Waals surface area contributed by atoms with Gasteiger partial charge < -0.3 is 9.84 Å². The van der Waals surface area contributed by atoms with E-state index in [-0.39, 0.29) is 17.8 Å². The molecule has 0 saturated carbocycles. The number of rotatable bonds is 9. The molecule has 1 aromatic heterocycles. The maximum Gasteiger partial charge on any atom is 0.337 e.